The minimum atomic E-state index is -0.781. The highest BCUT2D eigenvalue weighted by molar-refractivity contribution is 6.31. The molecule has 0 bridgehead atoms. The van der Waals surface area contributed by atoms with Crippen molar-refractivity contribution >= 4 is 28.8 Å². The van der Waals surface area contributed by atoms with E-state index in [1.807, 2.05) is 32.1 Å². The van der Waals surface area contributed by atoms with Crippen molar-refractivity contribution < 1.29 is 13.9 Å². The Kier molecular flexibility index (Phi) is 6.47. The maximum Gasteiger partial charge on any atom is 0.258 e. The van der Waals surface area contributed by atoms with Crippen LogP contribution in [0.2, 0.25) is 5.02 Å². The number of fused-ring (bicyclic) bond motifs is 1. The number of carbonyl (C=O) groups is 1. The van der Waals surface area contributed by atoms with Crippen LogP contribution in [0.1, 0.15) is 79.8 Å². The van der Waals surface area contributed by atoms with E-state index >= 15 is 4.39 Å². The summed E-state index contributed by atoms with van der Waals surface area (Å²) >= 11 is 6.30. The fourth-order valence-corrected chi connectivity index (χ4v) is 4.77. The van der Waals surface area contributed by atoms with Crippen LogP contribution in [0, 0.1) is 12.7 Å². The van der Waals surface area contributed by atoms with Crippen LogP contribution in [0.3, 0.4) is 0 Å². The van der Waals surface area contributed by atoms with Crippen molar-refractivity contribution in [2.75, 3.05) is 5.73 Å². The normalized spacial score (nSPS) is 15.4. The number of halogens is 2. The van der Waals surface area contributed by atoms with Crippen LogP contribution in [0.5, 0.6) is 5.75 Å². The van der Waals surface area contributed by atoms with Crippen LogP contribution < -0.4 is 15.8 Å². The summed E-state index contributed by atoms with van der Waals surface area (Å²) < 4.78 is 23.2. The second-order valence-electron chi connectivity index (χ2n) is 8.90. The first kappa shape index (κ1) is 23.3. The fourth-order valence-electron chi connectivity index (χ4n) is 4.56. The molecule has 0 spiro atoms. The van der Waals surface area contributed by atoms with Gasteiger partial charge in [-0.25, -0.2) is 14.4 Å². The first-order chi connectivity index (χ1) is 15.7. The molecule has 1 amide bonds. The zero-order valence-electron chi connectivity index (χ0n) is 19.3. The Bertz CT molecular complexity index is 1200. The Morgan fingerprint density at radius 2 is 2.03 bits per heavy atom. The third-order valence-electron chi connectivity index (χ3n) is 6.11. The summed E-state index contributed by atoms with van der Waals surface area (Å²) in [4.78, 5) is 22.1. The van der Waals surface area contributed by atoms with Gasteiger partial charge >= 0.3 is 0 Å². The number of amides is 1. The predicted molar refractivity (Wildman–Crippen MR) is 127 cm³/mol. The molecule has 0 unspecified atom stereocenters. The number of nitrogen functional groups attached to an aromatic ring is 1. The van der Waals surface area contributed by atoms with Gasteiger partial charge in [-0.3, -0.25) is 9.20 Å². The number of nitrogens with one attached hydrogen (secondary N) is 1. The Morgan fingerprint density at radius 3 is 2.70 bits per heavy atom. The van der Waals surface area contributed by atoms with Gasteiger partial charge in [0.2, 0.25) is 0 Å². The number of nitrogens with two attached hydrogens (primary N) is 1. The van der Waals surface area contributed by atoms with Gasteiger partial charge in [-0.2, -0.15) is 0 Å². The number of rotatable bonds is 6. The number of carbonyl (C=O) groups excluding carboxylic acids is 1. The van der Waals surface area contributed by atoms with Crippen molar-refractivity contribution in [3.05, 3.63) is 51.9 Å². The smallest absolute Gasteiger partial charge is 0.258 e. The van der Waals surface area contributed by atoms with E-state index in [0.29, 0.717) is 22.7 Å². The van der Waals surface area contributed by atoms with E-state index in [2.05, 4.69) is 10.3 Å². The molecule has 1 saturated carbocycles. The number of ether oxygens (including phenoxy) is 1. The summed E-state index contributed by atoms with van der Waals surface area (Å²) in [5.41, 5.74) is 7.91. The van der Waals surface area contributed by atoms with Gasteiger partial charge in [0.15, 0.2) is 5.82 Å². The molecule has 3 N–H and O–H groups in total. The van der Waals surface area contributed by atoms with Crippen molar-refractivity contribution in [3.8, 4) is 5.75 Å². The monoisotopic (exact) mass is 473 g/mol. The first-order valence-electron chi connectivity index (χ1n) is 11.3. The van der Waals surface area contributed by atoms with E-state index in [1.54, 1.807) is 12.4 Å². The number of imidazole rings is 1. The molecular weight excluding hydrogens is 445 g/mol. The molecule has 1 fully saturated rings. The Balaban J connectivity index is 1.86. The molecule has 33 heavy (non-hydrogen) atoms. The molecule has 1 aromatic carbocycles. The maximum atomic E-state index is 15.3. The number of aryl methyl sites for hydroxylation is 1. The first-order valence-corrected chi connectivity index (χ1v) is 11.6. The maximum absolute atomic E-state index is 15.3. The van der Waals surface area contributed by atoms with Crippen molar-refractivity contribution in [3.63, 3.8) is 0 Å². The number of hydrogen-bond donors (Lipinski definition) is 2. The van der Waals surface area contributed by atoms with Gasteiger partial charge in [-0.05, 0) is 39.7 Å². The van der Waals surface area contributed by atoms with Crippen LogP contribution in [-0.2, 0) is 0 Å². The molecule has 1 aliphatic carbocycles. The molecular formula is C24H29ClFN5O2. The average Bonchev–Trinajstić information content (AvgIpc) is 3.38. The minimum Gasteiger partial charge on any atom is -0.490 e. The Morgan fingerprint density at radius 1 is 1.33 bits per heavy atom. The van der Waals surface area contributed by atoms with Gasteiger partial charge in [0.1, 0.15) is 28.5 Å². The molecule has 1 aliphatic rings. The van der Waals surface area contributed by atoms with E-state index < -0.39 is 11.7 Å². The van der Waals surface area contributed by atoms with Gasteiger partial charge < -0.3 is 15.8 Å². The average molecular weight is 474 g/mol. The standard InChI is InChI=1S/C24H29ClFN5O2/c1-12(2)33-21-16(13(3)23-29-14(4)20-22(27)28-9-10-31(20)23)11-17(25)19(26)18(21)24(32)30-15-7-5-6-8-15/h9-13,15H,5-8H2,1-4H3,(H2,27,28)(H,30,32)/t13-/m0/s1. The highest BCUT2D eigenvalue weighted by atomic mass is 35.5. The quantitative estimate of drug-likeness (QED) is 0.524. The van der Waals surface area contributed by atoms with Gasteiger partial charge in [0.25, 0.3) is 5.91 Å². The van der Waals surface area contributed by atoms with Gasteiger partial charge in [-0.15, -0.1) is 0 Å². The van der Waals surface area contributed by atoms with Crippen molar-refractivity contribution in [2.45, 2.75) is 71.4 Å². The van der Waals surface area contributed by atoms with Gasteiger partial charge in [-0.1, -0.05) is 31.4 Å². The molecule has 1 atom stereocenters. The van der Waals surface area contributed by atoms with Crippen LogP contribution in [-0.4, -0.2) is 32.4 Å². The third kappa shape index (κ3) is 4.36. The van der Waals surface area contributed by atoms with Crippen LogP contribution in [0.4, 0.5) is 10.2 Å². The summed E-state index contributed by atoms with van der Waals surface area (Å²) in [6, 6.07) is 1.55. The molecule has 0 saturated heterocycles. The Labute approximate surface area is 197 Å². The second kappa shape index (κ2) is 9.17. The molecule has 2 aromatic heterocycles. The van der Waals surface area contributed by atoms with Gasteiger partial charge in [0.05, 0.1) is 16.8 Å². The largest absolute Gasteiger partial charge is 0.490 e. The topological polar surface area (TPSA) is 94.5 Å². The number of hydrogen-bond acceptors (Lipinski definition) is 5. The van der Waals surface area contributed by atoms with Crippen molar-refractivity contribution in [1.82, 2.24) is 19.7 Å². The fraction of sp³-hybridized carbons (Fsp3) is 0.458. The lowest BCUT2D eigenvalue weighted by atomic mass is 9.95. The molecule has 176 valence electrons. The number of aromatic nitrogens is 3. The van der Waals surface area contributed by atoms with E-state index in [1.165, 1.54) is 6.07 Å². The Hall–Kier alpha value is -2.87. The minimum absolute atomic E-state index is 0.0259. The highest BCUT2D eigenvalue weighted by Crippen LogP contribution is 2.40. The predicted octanol–water partition coefficient (Wildman–Crippen LogP) is 5.02. The summed E-state index contributed by atoms with van der Waals surface area (Å²) in [5.74, 6) is -0.451. The summed E-state index contributed by atoms with van der Waals surface area (Å²) in [6.45, 7) is 7.44. The lowest BCUT2D eigenvalue weighted by Gasteiger charge is -2.23. The molecule has 2 heterocycles. The number of benzene rings is 1. The summed E-state index contributed by atoms with van der Waals surface area (Å²) in [7, 11) is 0. The molecule has 7 nitrogen and oxygen atoms in total. The second-order valence-corrected chi connectivity index (χ2v) is 9.30. The van der Waals surface area contributed by atoms with Gasteiger partial charge in [0, 0.05) is 29.9 Å². The van der Waals surface area contributed by atoms with Crippen LogP contribution >= 0.6 is 11.6 Å². The summed E-state index contributed by atoms with van der Waals surface area (Å²) in [6.07, 6.45) is 6.95. The molecule has 4 rings (SSSR count). The van der Waals surface area contributed by atoms with E-state index in [-0.39, 0.29) is 34.4 Å². The summed E-state index contributed by atoms with van der Waals surface area (Å²) in [5, 5.41) is 2.82. The molecule has 3 aromatic rings. The molecule has 0 radical (unpaired) electrons. The molecule has 9 heteroatoms. The molecule has 0 aliphatic heterocycles. The number of anilines is 1. The van der Waals surface area contributed by atoms with Crippen molar-refractivity contribution in [1.29, 1.82) is 0 Å². The number of nitrogens with zero attached hydrogens (tertiary/aromatic N) is 3. The third-order valence-corrected chi connectivity index (χ3v) is 6.39. The zero-order valence-corrected chi connectivity index (χ0v) is 20.0. The lowest BCUT2D eigenvalue weighted by molar-refractivity contribution is 0.0927. The lowest BCUT2D eigenvalue weighted by Crippen LogP contribution is -2.34. The highest BCUT2D eigenvalue weighted by Gasteiger charge is 2.31. The zero-order chi connectivity index (χ0) is 23.9. The van der Waals surface area contributed by atoms with Crippen molar-refractivity contribution in [2.24, 2.45) is 0 Å². The van der Waals surface area contributed by atoms with E-state index in [0.717, 1.165) is 31.4 Å². The van der Waals surface area contributed by atoms with E-state index in [9.17, 15) is 4.79 Å². The van der Waals surface area contributed by atoms with Crippen LogP contribution in [0.25, 0.3) is 5.52 Å². The van der Waals surface area contributed by atoms with Crippen LogP contribution in [0.15, 0.2) is 18.5 Å². The van der Waals surface area contributed by atoms with E-state index in [4.69, 9.17) is 27.1 Å². The SMILES string of the molecule is Cc1nc([C@@H](C)c2cc(Cl)c(F)c(C(=O)NC3CCCC3)c2OC(C)C)n2ccnc(N)c12.